The highest BCUT2D eigenvalue weighted by Gasteiger charge is 2.36. The van der Waals surface area contributed by atoms with Crippen molar-refractivity contribution in [1.29, 1.82) is 0 Å². The number of nitrogens with two attached hydrogens (primary N) is 1. The van der Waals surface area contributed by atoms with Crippen LogP contribution >= 0.6 is 0 Å². The van der Waals surface area contributed by atoms with E-state index in [1.54, 1.807) is 0 Å². The van der Waals surface area contributed by atoms with Crippen molar-refractivity contribution >= 4 is 16.7 Å². The van der Waals surface area contributed by atoms with E-state index in [1.165, 1.54) is 6.33 Å². The number of hydrogen-bond acceptors (Lipinski definition) is 7. The van der Waals surface area contributed by atoms with E-state index in [-0.39, 0.29) is 18.2 Å². The van der Waals surface area contributed by atoms with Gasteiger partial charge in [-0.1, -0.05) is 0 Å². The second-order valence-corrected chi connectivity index (χ2v) is 7.25. The van der Waals surface area contributed by atoms with Crippen LogP contribution in [0.1, 0.15) is 20.8 Å². The minimum Gasteiger partial charge on any atom is -0.491 e. The molecule has 1 aliphatic heterocycles. The Kier molecular flexibility index (Phi) is 4.45. The molecule has 2 aromatic heterocycles. The molecule has 0 bridgehead atoms. The third-order valence-corrected chi connectivity index (χ3v) is 4.97. The predicted octanol–water partition coefficient (Wildman–Crippen LogP) is 1.70. The first-order valence-corrected chi connectivity index (χ1v) is 9.11. The Morgan fingerprint density at radius 3 is 2.81 bits per heavy atom. The van der Waals surface area contributed by atoms with E-state index in [4.69, 9.17) is 10.5 Å². The maximum absolute atomic E-state index is 10.1. The molecule has 0 spiro atoms. The summed E-state index contributed by atoms with van der Waals surface area (Å²) < 4.78 is 5.80. The molecule has 3 heterocycles. The van der Waals surface area contributed by atoms with Crippen molar-refractivity contribution in [2.45, 2.75) is 45.1 Å². The fourth-order valence-corrected chi connectivity index (χ4v) is 3.49. The van der Waals surface area contributed by atoms with Gasteiger partial charge in [0.15, 0.2) is 0 Å². The standard InChI is InChI=1S/C19H24N6O2/c1-10(2)27-12-4-5-14-13(6-12)19(24-23-14)15-7-17(22-9-21-15)25-8-16(26)18(20)11(25)3/h4-7,9-11,16,18,26H,8,20H2,1-3H3,(H,23,24). The normalized spacial score (nSPS) is 22.7. The Labute approximate surface area is 157 Å². The summed E-state index contributed by atoms with van der Waals surface area (Å²) in [5.41, 5.74) is 8.40. The van der Waals surface area contributed by atoms with Gasteiger partial charge in [-0.25, -0.2) is 9.97 Å². The Hall–Kier alpha value is -2.71. The number of β-amino-alcohol motifs (C(OH)–C–C–N with tert-alkyl or cyclic N) is 1. The minimum absolute atomic E-state index is 0.00952. The number of aromatic amines is 1. The molecule has 0 radical (unpaired) electrons. The van der Waals surface area contributed by atoms with E-state index in [1.807, 2.05) is 49.9 Å². The number of nitrogens with zero attached hydrogens (tertiary/aromatic N) is 4. The summed E-state index contributed by atoms with van der Waals surface area (Å²) in [5, 5.41) is 18.5. The Balaban J connectivity index is 1.72. The molecule has 142 valence electrons. The van der Waals surface area contributed by atoms with Crippen LogP contribution in [-0.4, -0.2) is 56.1 Å². The number of ether oxygens (including phenoxy) is 1. The smallest absolute Gasteiger partial charge is 0.132 e. The highest BCUT2D eigenvalue weighted by atomic mass is 16.5. The zero-order valence-electron chi connectivity index (χ0n) is 15.6. The highest BCUT2D eigenvalue weighted by molar-refractivity contribution is 5.93. The first-order chi connectivity index (χ1) is 12.9. The van der Waals surface area contributed by atoms with Crippen LogP contribution in [0.4, 0.5) is 5.82 Å². The van der Waals surface area contributed by atoms with Crippen molar-refractivity contribution in [3.63, 3.8) is 0 Å². The van der Waals surface area contributed by atoms with Crippen LogP contribution in [0.25, 0.3) is 22.3 Å². The average Bonchev–Trinajstić information content (AvgIpc) is 3.17. The van der Waals surface area contributed by atoms with E-state index in [0.717, 1.165) is 28.2 Å². The zero-order valence-corrected chi connectivity index (χ0v) is 15.6. The molecule has 4 N–H and O–H groups in total. The van der Waals surface area contributed by atoms with E-state index in [9.17, 15) is 5.11 Å². The van der Waals surface area contributed by atoms with Gasteiger partial charge in [-0.3, -0.25) is 5.10 Å². The number of hydrogen-bond donors (Lipinski definition) is 3. The number of aliphatic hydroxyl groups excluding tert-OH is 1. The highest BCUT2D eigenvalue weighted by Crippen LogP contribution is 2.31. The monoisotopic (exact) mass is 368 g/mol. The van der Waals surface area contributed by atoms with Gasteiger partial charge in [0, 0.05) is 24.0 Å². The first-order valence-electron chi connectivity index (χ1n) is 9.11. The van der Waals surface area contributed by atoms with Crippen LogP contribution in [0.15, 0.2) is 30.6 Å². The maximum atomic E-state index is 10.1. The summed E-state index contributed by atoms with van der Waals surface area (Å²) in [4.78, 5) is 10.8. The van der Waals surface area contributed by atoms with Crippen LogP contribution in [0.2, 0.25) is 0 Å². The molecule has 0 saturated carbocycles. The SMILES string of the molecule is CC(C)Oc1ccc2[nH]nc(-c3cc(N4CC(O)C(N)C4C)ncn3)c2c1. The van der Waals surface area contributed by atoms with E-state index in [2.05, 4.69) is 20.2 Å². The fraction of sp³-hybridized carbons (Fsp3) is 0.421. The number of fused-ring (bicyclic) bond motifs is 1. The van der Waals surface area contributed by atoms with Crippen molar-refractivity contribution in [2.24, 2.45) is 5.73 Å². The number of anilines is 1. The molecule has 3 aromatic rings. The number of nitrogens with one attached hydrogen (secondary N) is 1. The van der Waals surface area contributed by atoms with E-state index >= 15 is 0 Å². The van der Waals surface area contributed by atoms with Gasteiger partial charge >= 0.3 is 0 Å². The summed E-state index contributed by atoms with van der Waals surface area (Å²) in [7, 11) is 0. The Morgan fingerprint density at radius 2 is 2.11 bits per heavy atom. The Morgan fingerprint density at radius 1 is 1.30 bits per heavy atom. The van der Waals surface area contributed by atoms with Gasteiger partial charge in [-0.05, 0) is 39.0 Å². The molecule has 1 fully saturated rings. The molecule has 3 unspecified atom stereocenters. The van der Waals surface area contributed by atoms with Gasteiger partial charge in [-0.15, -0.1) is 0 Å². The summed E-state index contributed by atoms with van der Waals surface area (Å²) in [6.07, 6.45) is 1.04. The lowest BCUT2D eigenvalue weighted by Gasteiger charge is -2.23. The van der Waals surface area contributed by atoms with Crippen molar-refractivity contribution in [3.8, 4) is 17.1 Å². The molecule has 1 aliphatic rings. The number of aromatic nitrogens is 4. The topological polar surface area (TPSA) is 113 Å². The van der Waals surface area contributed by atoms with Crippen LogP contribution in [0.5, 0.6) is 5.75 Å². The first kappa shape index (κ1) is 17.7. The predicted molar refractivity (Wildman–Crippen MR) is 104 cm³/mol. The molecule has 4 rings (SSSR count). The van der Waals surface area contributed by atoms with Crippen molar-refractivity contribution in [1.82, 2.24) is 20.2 Å². The molecule has 8 nitrogen and oxygen atoms in total. The quantitative estimate of drug-likeness (QED) is 0.642. The lowest BCUT2D eigenvalue weighted by Crippen LogP contribution is -2.40. The van der Waals surface area contributed by atoms with E-state index in [0.29, 0.717) is 12.2 Å². The van der Waals surface area contributed by atoms with Gasteiger partial charge in [0.1, 0.15) is 23.6 Å². The molecule has 1 saturated heterocycles. The lowest BCUT2D eigenvalue weighted by molar-refractivity contribution is 0.175. The third kappa shape index (κ3) is 3.22. The van der Waals surface area contributed by atoms with Gasteiger partial charge in [-0.2, -0.15) is 5.10 Å². The van der Waals surface area contributed by atoms with E-state index < -0.39 is 6.10 Å². The summed E-state index contributed by atoms with van der Waals surface area (Å²) in [6.45, 7) is 6.43. The summed E-state index contributed by atoms with van der Waals surface area (Å²) in [5.74, 6) is 1.52. The molecular weight excluding hydrogens is 344 g/mol. The number of benzene rings is 1. The van der Waals surface area contributed by atoms with Crippen molar-refractivity contribution in [3.05, 3.63) is 30.6 Å². The van der Waals surface area contributed by atoms with Gasteiger partial charge < -0.3 is 20.5 Å². The maximum Gasteiger partial charge on any atom is 0.132 e. The minimum atomic E-state index is -0.569. The molecule has 0 aliphatic carbocycles. The lowest BCUT2D eigenvalue weighted by atomic mass is 10.1. The number of rotatable bonds is 4. The average molecular weight is 368 g/mol. The van der Waals surface area contributed by atoms with Crippen molar-refractivity contribution < 1.29 is 9.84 Å². The van der Waals surface area contributed by atoms with Crippen LogP contribution < -0.4 is 15.4 Å². The van der Waals surface area contributed by atoms with Crippen LogP contribution in [0, 0.1) is 0 Å². The second kappa shape index (κ2) is 6.79. The zero-order chi connectivity index (χ0) is 19.1. The van der Waals surface area contributed by atoms with Gasteiger partial charge in [0.25, 0.3) is 0 Å². The molecular formula is C19H24N6O2. The summed E-state index contributed by atoms with van der Waals surface area (Å²) >= 11 is 0. The number of aliphatic hydroxyl groups is 1. The molecule has 1 aromatic carbocycles. The van der Waals surface area contributed by atoms with Crippen molar-refractivity contribution in [2.75, 3.05) is 11.4 Å². The van der Waals surface area contributed by atoms with Crippen LogP contribution in [-0.2, 0) is 0 Å². The molecule has 3 atom stereocenters. The largest absolute Gasteiger partial charge is 0.491 e. The fourth-order valence-electron chi connectivity index (χ4n) is 3.49. The second-order valence-electron chi connectivity index (χ2n) is 7.25. The molecule has 0 amide bonds. The molecule has 8 heteroatoms. The van der Waals surface area contributed by atoms with Crippen LogP contribution in [0.3, 0.4) is 0 Å². The summed E-state index contributed by atoms with van der Waals surface area (Å²) in [6, 6.07) is 7.41. The number of H-pyrrole nitrogens is 1. The third-order valence-electron chi connectivity index (χ3n) is 4.97. The molecule has 27 heavy (non-hydrogen) atoms. The van der Waals surface area contributed by atoms with Gasteiger partial charge in [0.05, 0.1) is 29.5 Å². The Bertz CT molecular complexity index is 956. The van der Waals surface area contributed by atoms with Gasteiger partial charge in [0.2, 0.25) is 0 Å².